The molecule has 1 fully saturated rings. The summed E-state index contributed by atoms with van der Waals surface area (Å²) in [4.78, 5) is 19.5. The van der Waals surface area contributed by atoms with Gasteiger partial charge in [0, 0.05) is 25.4 Å². The Kier molecular flexibility index (Phi) is 6.07. The smallest absolute Gasteiger partial charge is 0.223 e. The fraction of sp³-hybridized carbons (Fsp3) is 0.440. The predicted molar refractivity (Wildman–Crippen MR) is 120 cm³/mol. The molecule has 0 N–H and O–H groups in total. The number of unbranched alkanes of at least 4 members (excludes halogenated alkanes) is 1. The van der Waals surface area contributed by atoms with Crippen molar-refractivity contribution in [3.63, 3.8) is 0 Å². The van der Waals surface area contributed by atoms with Gasteiger partial charge in [0.2, 0.25) is 5.91 Å². The van der Waals surface area contributed by atoms with Crippen molar-refractivity contribution in [1.29, 1.82) is 0 Å². The van der Waals surface area contributed by atoms with Crippen LogP contribution in [0.15, 0.2) is 42.5 Å². The Hall–Kier alpha value is -2.82. The average Bonchev–Trinajstić information content (AvgIpc) is 3.29. The van der Waals surface area contributed by atoms with E-state index in [1.807, 2.05) is 23.1 Å². The van der Waals surface area contributed by atoms with Crippen molar-refractivity contribution in [3.8, 4) is 5.75 Å². The number of benzene rings is 2. The second-order valence-corrected chi connectivity index (χ2v) is 8.32. The molecular formula is C25H31N3O2. The van der Waals surface area contributed by atoms with Crippen LogP contribution in [0.3, 0.4) is 0 Å². The number of aromatic nitrogens is 2. The van der Waals surface area contributed by atoms with Gasteiger partial charge in [0.1, 0.15) is 18.2 Å². The average molecular weight is 406 g/mol. The van der Waals surface area contributed by atoms with Gasteiger partial charge in [0.05, 0.1) is 17.6 Å². The van der Waals surface area contributed by atoms with Crippen LogP contribution in [0, 0.1) is 13.8 Å². The van der Waals surface area contributed by atoms with Gasteiger partial charge in [0.15, 0.2) is 0 Å². The Morgan fingerprint density at radius 3 is 2.80 bits per heavy atom. The largest absolute Gasteiger partial charge is 0.491 e. The van der Waals surface area contributed by atoms with Gasteiger partial charge in [-0.25, -0.2) is 4.98 Å². The molecule has 0 aliphatic carbocycles. The highest BCUT2D eigenvalue weighted by atomic mass is 16.5. The zero-order chi connectivity index (χ0) is 21.1. The lowest BCUT2D eigenvalue weighted by Crippen LogP contribution is -2.26. The molecule has 1 amide bonds. The number of aryl methyl sites for hydroxylation is 2. The standard InChI is InChI=1S/C25H31N3O2/c1-4-5-12-27-17-20(16-24(27)29)25-26-21-8-6-7-9-22(21)28(25)13-14-30-23-15-18(2)10-11-19(23)3/h6-11,15,20H,4-5,12-14,16-17H2,1-3H3/t20-/m0/s1. The van der Waals surface area contributed by atoms with Crippen molar-refractivity contribution in [2.75, 3.05) is 19.7 Å². The molecule has 2 aromatic carbocycles. The van der Waals surface area contributed by atoms with E-state index in [0.29, 0.717) is 19.6 Å². The number of hydrogen-bond donors (Lipinski definition) is 0. The minimum atomic E-state index is 0.141. The number of carbonyl (C=O) groups excluding carboxylic acids is 1. The molecule has 0 bridgehead atoms. The second kappa shape index (κ2) is 8.90. The normalized spacial score (nSPS) is 16.6. The van der Waals surface area contributed by atoms with E-state index in [1.54, 1.807) is 0 Å². The summed E-state index contributed by atoms with van der Waals surface area (Å²) in [5.41, 5.74) is 4.43. The molecule has 30 heavy (non-hydrogen) atoms. The van der Waals surface area contributed by atoms with Gasteiger partial charge in [-0.05, 0) is 49.6 Å². The number of imidazole rings is 1. The lowest BCUT2D eigenvalue weighted by atomic mass is 10.1. The van der Waals surface area contributed by atoms with Crippen LogP contribution in [0.4, 0.5) is 0 Å². The number of likely N-dealkylation sites (tertiary alicyclic amines) is 1. The summed E-state index contributed by atoms with van der Waals surface area (Å²) in [6, 6.07) is 14.5. The van der Waals surface area contributed by atoms with Gasteiger partial charge in [-0.3, -0.25) is 4.79 Å². The third-order valence-corrected chi connectivity index (χ3v) is 5.96. The summed E-state index contributed by atoms with van der Waals surface area (Å²) in [5, 5.41) is 0. The first-order chi connectivity index (χ1) is 14.6. The van der Waals surface area contributed by atoms with Crippen molar-refractivity contribution in [2.24, 2.45) is 0 Å². The molecule has 1 atom stereocenters. The molecule has 0 unspecified atom stereocenters. The van der Waals surface area contributed by atoms with Gasteiger partial charge in [-0.2, -0.15) is 0 Å². The van der Waals surface area contributed by atoms with Gasteiger partial charge >= 0.3 is 0 Å². The van der Waals surface area contributed by atoms with Crippen molar-refractivity contribution in [1.82, 2.24) is 14.5 Å². The van der Waals surface area contributed by atoms with Crippen LogP contribution in [-0.4, -0.2) is 40.1 Å². The number of ether oxygens (including phenoxy) is 1. The van der Waals surface area contributed by atoms with E-state index in [9.17, 15) is 4.79 Å². The van der Waals surface area contributed by atoms with E-state index in [0.717, 1.165) is 54.1 Å². The molecule has 1 aromatic heterocycles. The molecule has 2 heterocycles. The second-order valence-electron chi connectivity index (χ2n) is 8.32. The summed E-state index contributed by atoms with van der Waals surface area (Å²) >= 11 is 0. The lowest BCUT2D eigenvalue weighted by Gasteiger charge is -2.17. The van der Waals surface area contributed by atoms with Crippen LogP contribution in [0.5, 0.6) is 5.75 Å². The van der Waals surface area contributed by atoms with Crippen LogP contribution in [0.2, 0.25) is 0 Å². The molecule has 4 rings (SSSR count). The van der Waals surface area contributed by atoms with Gasteiger partial charge in [-0.1, -0.05) is 37.6 Å². The van der Waals surface area contributed by atoms with Crippen LogP contribution >= 0.6 is 0 Å². The minimum absolute atomic E-state index is 0.141. The zero-order valence-electron chi connectivity index (χ0n) is 18.2. The van der Waals surface area contributed by atoms with Crippen molar-refractivity contribution in [2.45, 2.75) is 52.5 Å². The molecule has 1 aliphatic heterocycles. The minimum Gasteiger partial charge on any atom is -0.491 e. The molecule has 1 saturated heterocycles. The zero-order valence-corrected chi connectivity index (χ0v) is 18.2. The summed E-state index contributed by atoms with van der Waals surface area (Å²) in [5.74, 6) is 2.33. The SMILES string of the molecule is CCCCN1C[C@@H](c2nc3ccccc3n2CCOc2cc(C)ccc2C)CC1=O. The van der Waals surface area contributed by atoms with E-state index in [-0.39, 0.29) is 11.8 Å². The number of carbonyl (C=O) groups is 1. The highest BCUT2D eigenvalue weighted by Gasteiger charge is 2.33. The Balaban J connectivity index is 1.55. The number of nitrogens with zero attached hydrogens (tertiary/aromatic N) is 3. The molecule has 3 aromatic rings. The van der Waals surface area contributed by atoms with Gasteiger partial charge in [0.25, 0.3) is 0 Å². The van der Waals surface area contributed by atoms with E-state index in [1.165, 1.54) is 5.56 Å². The Morgan fingerprint density at radius 1 is 1.13 bits per heavy atom. The number of para-hydroxylation sites is 2. The van der Waals surface area contributed by atoms with E-state index in [2.05, 4.69) is 49.6 Å². The molecule has 0 radical (unpaired) electrons. The maximum atomic E-state index is 12.5. The van der Waals surface area contributed by atoms with Crippen molar-refractivity contribution >= 4 is 16.9 Å². The monoisotopic (exact) mass is 405 g/mol. The maximum absolute atomic E-state index is 12.5. The molecule has 0 spiro atoms. The summed E-state index contributed by atoms with van der Waals surface area (Å²) in [6.07, 6.45) is 2.70. The molecule has 1 aliphatic rings. The maximum Gasteiger partial charge on any atom is 0.223 e. The number of fused-ring (bicyclic) bond motifs is 1. The fourth-order valence-corrected chi connectivity index (χ4v) is 4.26. The molecule has 5 heteroatoms. The highest BCUT2D eigenvalue weighted by molar-refractivity contribution is 5.80. The third-order valence-electron chi connectivity index (χ3n) is 5.96. The van der Waals surface area contributed by atoms with Crippen molar-refractivity contribution < 1.29 is 9.53 Å². The fourth-order valence-electron chi connectivity index (χ4n) is 4.26. The van der Waals surface area contributed by atoms with E-state index < -0.39 is 0 Å². The Bertz CT molecular complexity index is 1040. The van der Waals surface area contributed by atoms with Crippen molar-refractivity contribution in [3.05, 3.63) is 59.4 Å². The first-order valence-electron chi connectivity index (χ1n) is 11.0. The topological polar surface area (TPSA) is 47.4 Å². The number of amides is 1. The van der Waals surface area contributed by atoms with Crippen LogP contribution in [-0.2, 0) is 11.3 Å². The number of rotatable bonds is 8. The predicted octanol–water partition coefficient (Wildman–Crippen LogP) is 4.85. The lowest BCUT2D eigenvalue weighted by molar-refractivity contribution is -0.127. The van der Waals surface area contributed by atoms with Gasteiger partial charge in [-0.15, -0.1) is 0 Å². The number of hydrogen-bond acceptors (Lipinski definition) is 3. The molecule has 5 nitrogen and oxygen atoms in total. The highest BCUT2D eigenvalue weighted by Crippen LogP contribution is 2.30. The Morgan fingerprint density at radius 2 is 1.97 bits per heavy atom. The molecular weight excluding hydrogens is 374 g/mol. The van der Waals surface area contributed by atoms with Crippen LogP contribution < -0.4 is 4.74 Å². The molecule has 0 saturated carbocycles. The third kappa shape index (κ3) is 4.20. The van der Waals surface area contributed by atoms with Crippen LogP contribution in [0.25, 0.3) is 11.0 Å². The van der Waals surface area contributed by atoms with E-state index in [4.69, 9.17) is 9.72 Å². The summed E-state index contributed by atoms with van der Waals surface area (Å²) in [6.45, 7) is 9.20. The first-order valence-corrected chi connectivity index (χ1v) is 11.0. The summed E-state index contributed by atoms with van der Waals surface area (Å²) in [7, 11) is 0. The van der Waals surface area contributed by atoms with E-state index >= 15 is 0 Å². The van der Waals surface area contributed by atoms with Crippen LogP contribution in [0.1, 0.15) is 49.1 Å². The first kappa shape index (κ1) is 20.5. The quantitative estimate of drug-likeness (QED) is 0.538. The Labute approximate surface area is 178 Å². The van der Waals surface area contributed by atoms with Gasteiger partial charge < -0.3 is 14.2 Å². The summed E-state index contributed by atoms with van der Waals surface area (Å²) < 4.78 is 8.38. The molecule has 158 valence electrons.